The molecule has 15 heavy (non-hydrogen) atoms. The van der Waals surface area contributed by atoms with Crippen molar-refractivity contribution in [2.24, 2.45) is 5.73 Å². The summed E-state index contributed by atoms with van der Waals surface area (Å²) in [6.45, 7) is 8.44. The molecule has 1 fully saturated rings. The normalized spacial score (nSPS) is 20.0. The van der Waals surface area contributed by atoms with Crippen LogP contribution in [-0.2, 0) is 15.6 Å². The van der Waals surface area contributed by atoms with Crippen LogP contribution >= 0.6 is 0 Å². The molecule has 2 rings (SSSR count). The number of ether oxygens (including phenoxy) is 1. The Morgan fingerprint density at radius 2 is 2.20 bits per heavy atom. The first-order chi connectivity index (χ1) is 6.98. The standard InChI is InChI=1S/C11H19N3O/c1-10(2,3)8-4-13-9(14-8)11(5-12)6-15-7-11/h4H,5-7,12H2,1-3H3,(H,13,14). The molecule has 0 aliphatic carbocycles. The van der Waals surface area contributed by atoms with Gasteiger partial charge in [0.25, 0.3) is 0 Å². The molecule has 0 atom stereocenters. The average molecular weight is 209 g/mol. The van der Waals surface area contributed by atoms with E-state index in [1.54, 1.807) is 0 Å². The van der Waals surface area contributed by atoms with Gasteiger partial charge in [0.1, 0.15) is 5.82 Å². The number of rotatable bonds is 2. The first-order valence-electron chi connectivity index (χ1n) is 5.32. The lowest BCUT2D eigenvalue weighted by molar-refractivity contribution is -0.0590. The highest BCUT2D eigenvalue weighted by Crippen LogP contribution is 2.30. The van der Waals surface area contributed by atoms with E-state index in [0.29, 0.717) is 19.8 Å². The third-order valence-electron chi connectivity index (χ3n) is 3.03. The van der Waals surface area contributed by atoms with Crippen molar-refractivity contribution in [3.8, 4) is 0 Å². The van der Waals surface area contributed by atoms with Gasteiger partial charge < -0.3 is 15.5 Å². The zero-order valence-corrected chi connectivity index (χ0v) is 9.63. The molecular weight excluding hydrogens is 190 g/mol. The smallest absolute Gasteiger partial charge is 0.118 e. The molecule has 1 saturated heterocycles. The molecule has 2 heterocycles. The summed E-state index contributed by atoms with van der Waals surface area (Å²) in [7, 11) is 0. The molecule has 1 aliphatic rings. The number of nitrogens with two attached hydrogens (primary N) is 1. The predicted molar refractivity (Wildman–Crippen MR) is 58.8 cm³/mol. The summed E-state index contributed by atoms with van der Waals surface area (Å²) in [5, 5.41) is 0. The Labute approximate surface area is 90.2 Å². The fraction of sp³-hybridized carbons (Fsp3) is 0.727. The number of imidazole rings is 1. The summed E-state index contributed by atoms with van der Waals surface area (Å²) >= 11 is 0. The second-order valence-electron chi connectivity index (χ2n) is 5.37. The second kappa shape index (κ2) is 3.32. The minimum Gasteiger partial charge on any atom is -0.379 e. The molecule has 0 amide bonds. The van der Waals surface area contributed by atoms with E-state index in [0.717, 1.165) is 11.5 Å². The zero-order valence-electron chi connectivity index (χ0n) is 9.63. The minimum atomic E-state index is -0.0660. The van der Waals surface area contributed by atoms with Gasteiger partial charge in [-0.1, -0.05) is 20.8 Å². The maximum Gasteiger partial charge on any atom is 0.118 e. The van der Waals surface area contributed by atoms with Gasteiger partial charge in [-0.25, -0.2) is 4.98 Å². The Hall–Kier alpha value is -0.870. The number of H-pyrrole nitrogens is 1. The first-order valence-corrected chi connectivity index (χ1v) is 5.32. The van der Waals surface area contributed by atoms with Crippen LogP contribution in [0.2, 0.25) is 0 Å². The molecule has 0 spiro atoms. The van der Waals surface area contributed by atoms with E-state index in [1.165, 1.54) is 0 Å². The van der Waals surface area contributed by atoms with Crippen LogP contribution in [0.25, 0.3) is 0 Å². The second-order valence-corrected chi connectivity index (χ2v) is 5.37. The highest BCUT2D eigenvalue weighted by Gasteiger charge is 2.42. The molecule has 84 valence electrons. The summed E-state index contributed by atoms with van der Waals surface area (Å²) in [5.41, 5.74) is 6.97. The highest BCUT2D eigenvalue weighted by molar-refractivity contribution is 5.20. The van der Waals surface area contributed by atoms with Crippen LogP contribution in [0.1, 0.15) is 32.3 Å². The van der Waals surface area contributed by atoms with Gasteiger partial charge >= 0.3 is 0 Å². The molecule has 0 unspecified atom stereocenters. The fourth-order valence-corrected chi connectivity index (χ4v) is 1.67. The third-order valence-corrected chi connectivity index (χ3v) is 3.03. The average Bonchev–Trinajstić information content (AvgIpc) is 2.51. The predicted octanol–water partition coefficient (Wildman–Crippen LogP) is 0.934. The summed E-state index contributed by atoms with van der Waals surface area (Å²) in [4.78, 5) is 7.81. The van der Waals surface area contributed by atoms with Gasteiger partial charge in [0.2, 0.25) is 0 Å². The van der Waals surface area contributed by atoms with Gasteiger partial charge in [0, 0.05) is 23.9 Å². The molecule has 0 bridgehead atoms. The van der Waals surface area contributed by atoms with E-state index in [4.69, 9.17) is 10.5 Å². The Bertz CT molecular complexity index is 341. The van der Waals surface area contributed by atoms with Gasteiger partial charge in [-0.2, -0.15) is 0 Å². The SMILES string of the molecule is CC(C)(C)c1cnc(C2(CN)COC2)[nH]1. The lowest BCUT2D eigenvalue weighted by Gasteiger charge is -2.38. The lowest BCUT2D eigenvalue weighted by atomic mass is 9.85. The van der Waals surface area contributed by atoms with Gasteiger partial charge in [-0.15, -0.1) is 0 Å². The first kappa shape index (κ1) is 10.6. The molecule has 3 N–H and O–H groups in total. The van der Waals surface area contributed by atoms with Gasteiger partial charge in [0.15, 0.2) is 0 Å². The van der Waals surface area contributed by atoms with Crippen LogP contribution in [0.15, 0.2) is 6.20 Å². The third kappa shape index (κ3) is 1.68. The van der Waals surface area contributed by atoms with Crippen molar-refractivity contribution in [2.75, 3.05) is 19.8 Å². The van der Waals surface area contributed by atoms with E-state index in [-0.39, 0.29) is 10.8 Å². The quantitative estimate of drug-likeness (QED) is 0.761. The topological polar surface area (TPSA) is 63.9 Å². The van der Waals surface area contributed by atoms with Gasteiger partial charge in [0.05, 0.1) is 18.6 Å². The summed E-state index contributed by atoms with van der Waals surface area (Å²) in [6, 6.07) is 0. The Morgan fingerprint density at radius 3 is 2.53 bits per heavy atom. The number of aromatic amines is 1. The number of aromatic nitrogens is 2. The maximum atomic E-state index is 5.78. The Kier molecular flexibility index (Phi) is 2.35. The summed E-state index contributed by atoms with van der Waals surface area (Å²) < 4.78 is 5.24. The van der Waals surface area contributed by atoms with Crippen molar-refractivity contribution in [2.45, 2.75) is 31.6 Å². The minimum absolute atomic E-state index is 0.0660. The van der Waals surface area contributed by atoms with E-state index < -0.39 is 0 Å². The molecule has 1 aliphatic heterocycles. The van der Waals surface area contributed by atoms with Crippen LogP contribution in [0.4, 0.5) is 0 Å². The molecule has 0 saturated carbocycles. The Balaban J connectivity index is 2.27. The summed E-state index contributed by atoms with van der Waals surface area (Å²) in [6.07, 6.45) is 1.91. The van der Waals surface area contributed by atoms with E-state index in [9.17, 15) is 0 Å². The molecule has 1 aromatic heterocycles. The van der Waals surface area contributed by atoms with Crippen LogP contribution in [0.5, 0.6) is 0 Å². The van der Waals surface area contributed by atoms with Gasteiger partial charge in [-0.3, -0.25) is 0 Å². The number of nitrogens with one attached hydrogen (secondary N) is 1. The van der Waals surface area contributed by atoms with Crippen molar-refractivity contribution < 1.29 is 4.74 Å². The number of hydrogen-bond donors (Lipinski definition) is 2. The van der Waals surface area contributed by atoms with E-state index >= 15 is 0 Å². The number of nitrogens with zero attached hydrogens (tertiary/aromatic N) is 1. The monoisotopic (exact) mass is 209 g/mol. The van der Waals surface area contributed by atoms with E-state index in [2.05, 4.69) is 30.7 Å². The fourth-order valence-electron chi connectivity index (χ4n) is 1.67. The van der Waals surface area contributed by atoms with Crippen LogP contribution in [0.3, 0.4) is 0 Å². The van der Waals surface area contributed by atoms with Crippen molar-refractivity contribution in [1.29, 1.82) is 0 Å². The molecule has 1 aromatic rings. The molecular formula is C11H19N3O. The molecule has 4 heteroatoms. The lowest BCUT2D eigenvalue weighted by Crippen LogP contribution is -2.53. The molecule has 0 radical (unpaired) electrons. The largest absolute Gasteiger partial charge is 0.379 e. The van der Waals surface area contributed by atoms with Crippen LogP contribution < -0.4 is 5.73 Å². The maximum absolute atomic E-state index is 5.78. The summed E-state index contributed by atoms with van der Waals surface area (Å²) in [5.74, 6) is 0.973. The van der Waals surface area contributed by atoms with Crippen molar-refractivity contribution in [3.05, 3.63) is 17.7 Å². The van der Waals surface area contributed by atoms with Crippen molar-refractivity contribution in [1.82, 2.24) is 9.97 Å². The molecule has 0 aromatic carbocycles. The zero-order chi connectivity index (χ0) is 11.1. The van der Waals surface area contributed by atoms with Crippen molar-refractivity contribution >= 4 is 0 Å². The Morgan fingerprint density at radius 1 is 1.53 bits per heavy atom. The van der Waals surface area contributed by atoms with Gasteiger partial charge in [-0.05, 0) is 0 Å². The number of hydrogen-bond acceptors (Lipinski definition) is 3. The van der Waals surface area contributed by atoms with Crippen LogP contribution in [-0.4, -0.2) is 29.7 Å². The highest BCUT2D eigenvalue weighted by atomic mass is 16.5. The van der Waals surface area contributed by atoms with Crippen molar-refractivity contribution in [3.63, 3.8) is 0 Å². The van der Waals surface area contributed by atoms with Crippen LogP contribution in [0, 0.1) is 0 Å². The molecule has 4 nitrogen and oxygen atoms in total. The van der Waals surface area contributed by atoms with E-state index in [1.807, 2.05) is 6.20 Å².